The summed E-state index contributed by atoms with van der Waals surface area (Å²) in [6, 6.07) is 3.68. The zero-order valence-corrected chi connectivity index (χ0v) is 13.4. The Kier molecular flexibility index (Phi) is 8.92. The lowest BCUT2D eigenvalue weighted by Crippen LogP contribution is -2.27. The van der Waals surface area contributed by atoms with Crippen molar-refractivity contribution in [3.8, 4) is 0 Å². The number of hydrogen-bond acceptors (Lipinski definition) is 5. The summed E-state index contributed by atoms with van der Waals surface area (Å²) in [6.07, 6.45) is 0. The number of non-ortho nitro benzene ring substituents is 1. The number of likely N-dealkylation sites (N-methyl/N-ethyl adjacent to an activating group) is 1. The molecule has 0 aliphatic carbocycles. The van der Waals surface area contributed by atoms with Crippen molar-refractivity contribution in [2.24, 2.45) is 0 Å². The molecule has 0 bridgehead atoms. The molecule has 8 heteroatoms. The molecule has 0 aliphatic rings. The molecule has 0 atom stereocenters. The van der Waals surface area contributed by atoms with Crippen LogP contribution in [-0.4, -0.2) is 42.0 Å². The second-order valence-corrected chi connectivity index (χ2v) is 4.49. The van der Waals surface area contributed by atoms with Crippen LogP contribution < -0.4 is 0 Å². The molecule has 0 fully saturated rings. The SMILES string of the molecule is CCN(CC)CCOC(=O)c1ccc([N+](=O)[O-])cc1Cl.Cl. The van der Waals surface area contributed by atoms with E-state index in [1.807, 2.05) is 13.8 Å². The third kappa shape index (κ3) is 5.87. The van der Waals surface area contributed by atoms with Gasteiger partial charge >= 0.3 is 5.97 Å². The Bertz CT molecular complexity index is 493. The number of rotatable bonds is 7. The number of carbonyl (C=O) groups is 1. The number of hydrogen-bond donors (Lipinski definition) is 0. The largest absolute Gasteiger partial charge is 0.461 e. The van der Waals surface area contributed by atoms with Gasteiger partial charge in [0.15, 0.2) is 0 Å². The van der Waals surface area contributed by atoms with E-state index >= 15 is 0 Å². The maximum atomic E-state index is 11.8. The lowest BCUT2D eigenvalue weighted by molar-refractivity contribution is -0.384. The summed E-state index contributed by atoms with van der Waals surface area (Å²) in [7, 11) is 0. The van der Waals surface area contributed by atoms with Gasteiger partial charge in [0.05, 0.1) is 15.5 Å². The Balaban J connectivity index is 0.00000400. The van der Waals surface area contributed by atoms with E-state index in [9.17, 15) is 14.9 Å². The highest BCUT2D eigenvalue weighted by molar-refractivity contribution is 6.33. The Hall–Kier alpha value is -1.37. The molecule has 1 aromatic carbocycles. The summed E-state index contributed by atoms with van der Waals surface area (Å²) in [5.74, 6) is -0.572. The molecule has 6 nitrogen and oxygen atoms in total. The summed E-state index contributed by atoms with van der Waals surface area (Å²) >= 11 is 5.85. The second kappa shape index (κ2) is 9.55. The normalized spacial score (nSPS) is 10.1. The quantitative estimate of drug-likeness (QED) is 0.434. The van der Waals surface area contributed by atoms with Crippen molar-refractivity contribution < 1.29 is 14.5 Å². The average molecular weight is 337 g/mol. The Labute approximate surface area is 134 Å². The van der Waals surface area contributed by atoms with Gasteiger partial charge in [-0.3, -0.25) is 10.1 Å². The minimum absolute atomic E-state index is 0. The molecule has 0 aromatic heterocycles. The van der Waals surface area contributed by atoms with E-state index in [0.717, 1.165) is 19.2 Å². The van der Waals surface area contributed by atoms with Crippen molar-refractivity contribution in [2.45, 2.75) is 13.8 Å². The van der Waals surface area contributed by atoms with Crippen LogP contribution in [0.5, 0.6) is 0 Å². The van der Waals surface area contributed by atoms with E-state index in [0.29, 0.717) is 6.54 Å². The maximum absolute atomic E-state index is 11.8. The molecular formula is C13H18Cl2N2O4. The highest BCUT2D eigenvalue weighted by Crippen LogP contribution is 2.23. The first-order chi connectivity index (χ1) is 9.49. The minimum atomic E-state index is -0.572. The van der Waals surface area contributed by atoms with Gasteiger partial charge in [-0.2, -0.15) is 0 Å². The highest BCUT2D eigenvalue weighted by Gasteiger charge is 2.16. The summed E-state index contributed by atoms with van der Waals surface area (Å²) in [6.45, 7) is 6.72. The van der Waals surface area contributed by atoms with Gasteiger partial charge in [0.25, 0.3) is 5.69 Å². The van der Waals surface area contributed by atoms with Crippen molar-refractivity contribution in [2.75, 3.05) is 26.2 Å². The Morgan fingerprint density at radius 1 is 1.38 bits per heavy atom. The minimum Gasteiger partial charge on any atom is -0.461 e. The van der Waals surface area contributed by atoms with E-state index in [1.54, 1.807) is 0 Å². The number of nitrogens with zero attached hydrogens (tertiary/aromatic N) is 2. The van der Waals surface area contributed by atoms with Gasteiger partial charge in [-0.25, -0.2) is 4.79 Å². The first kappa shape index (κ1) is 19.6. The fourth-order valence-electron chi connectivity index (χ4n) is 1.67. The van der Waals surface area contributed by atoms with Gasteiger partial charge in [-0.15, -0.1) is 12.4 Å². The zero-order chi connectivity index (χ0) is 15.1. The third-order valence-corrected chi connectivity index (χ3v) is 3.23. The van der Waals surface area contributed by atoms with E-state index in [4.69, 9.17) is 16.3 Å². The van der Waals surface area contributed by atoms with Crippen molar-refractivity contribution in [3.05, 3.63) is 38.9 Å². The van der Waals surface area contributed by atoms with Gasteiger partial charge in [0, 0.05) is 18.7 Å². The molecule has 0 radical (unpaired) electrons. The van der Waals surface area contributed by atoms with Gasteiger partial charge in [0.1, 0.15) is 6.61 Å². The molecule has 1 aromatic rings. The molecule has 0 heterocycles. The number of nitro benzene ring substituents is 1. The van der Waals surface area contributed by atoms with E-state index < -0.39 is 10.9 Å². The predicted octanol–water partition coefficient (Wildman–Crippen LogP) is 3.17. The van der Waals surface area contributed by atoms with Crippen LogP contribution in [0, 0.1) is 10.1 Å². The van der Waals surface area contributed by atoms with E-state index in [2.05, 4.69) is 4.90 Å². The molecule has 21 heavy (non-hydrogen) atoms. The van der Waals surface area contributed by atoms with Crippen LogP contribution in [0.25, 0.3) is 0 Å². The van der Waals surface area contributed by atoms with Crippen LogP contribution >= 0.6 is 24.0 Å². The van der Waals surface area contributed by atoms with Crippen LogP contribution in [-0.2, 0) is 4.74 Å². The smallest absolute Gasteiger partial charge is 0.339 e. The van der Waals surface area contributed by atoms with Gasteiger partial charge in [-0.1, -0.05) is 25.4 Å². The Morgan fingerprint density at radius 3 is 2.48 bits per heavy atom. The number of carbonyl (C=O) groups excluding carboxylic acids is 1. The molecule has 0 N–H and O–H groups in total. The number of halogens is 2. The van der Waals surface area contributed by atoms with Crippen molar-refractivity contribution in [1.82, 2.24) is 4.90 Å². The monoisotopic (exact) mass is 336 g/mol. The summed E-state index contributed by atoms with van der Waals surface area (Å²) in [4.78, 5) is 23.9. The fourth-order valence-corrected chi connectivity index (χ4v) is 1.92. The van der Waals surface area contributed by atoms with Crippen molar-refractivity contribution >= 4 is 35.7 Å². The van der Waals surface area contributed by atoms with Crippen LogP contribution in [0.3, 0.4) is 0 Å². The Morgan fingerprint density at radius 2 is 2.00 bits per heavy atom. The summed E-state index contributed by atoms with van der Waals surface area (Å²) in [5, 5.41) is 10.6. The molecule has 0 saturated heterocycles. The summed E-state index contributed by atoms with van der Waals surface area (Å²) in [5.41, 5.74) is -0.0218. The van der Waals surface area contributed by atoms with Gasteiger partial charge in [-0.05, 0) is 19.2 Å². The number of esters is 1. The van der Waals surface area contributed by atoms with Gasteiger partial charge in [0.2, 0.25) is 0 Å². The topological polar surface area (TPSA) is 72.7 Å². The highest BCUT2D eigenvalue weighted by atomic mass is 35.5. The van der Waals surface area contributed by atoms with Crippen LogP contribution in [0.4, 0.5) is 5.69 Å². The zero-order valence-electron chi connectivity index (χ0n) is 11.9. The fraction of sp³-hybridized carbons (Fsp3) is 0.462. The molecule has 0 spiro atoms. The third-order valence-electron chi connectivity index (χ3n) is 2.92. The molecule has 0 aliphatic heterocycles. The van der Waals surface area contributed by atoms with Gasteiger partial charge < -0.3 is 9.64 Å². The second-order valence-electron chi connectivity index (χ2n) is 4.08. The van der Waals surface area contributed by atoms with Crippen molar-refractivity contribution in [3.63, 3.8) is 0 Å². The average Bonchev–Trinajstić information content (AvgIpc) is 2.43. The molecule has 118 valence electrons. The van der Waals surface area contributed by atoms with Crippen molar-refractivity contribution in [1.29, 1.82) is 0 Å². The molecule has 0 amide bonds. The van der Waals surface area contributed by atoms with Crippen LogP contribution in [0.1, 0.15) is 24.2 Å². The lowest BCUT2D eigenvalue weighted by atomic mass is 10.2. The number of ether oxygens (including phenoxy) is 1. The van der Waals surface area contributed by atoms with E-state index in [1.165, 1.54) is 12.1 Å². The standard InChI is InChI=1S/C13H17ClN2O4.ClH/c1-3-15(4-2)7-8-20-13(17)11-6-5-10(16(18)19)9-12(11)14;/h5-6,9H,3-4,7-8H2,1-2H3;1H. The number of nitro groups is 1. The molecule has 1 rings (SSSR count). The van der Waals surface area contributed by atoms with Crippen LogP contribution in [0.15, 0.2) is 18.2 Å². The van der Waals surface area contributed by atoms with E-state index in [-0.39, 0.29) is 35.3 Å². The molecular weight excluding hydrogens is 319 g/mol. The number of benzene rings is 1. The summed E-state index contributed by atoms with van der Waals surface area (Å²) < 4.78 is 5.11. The first-order valence-corrected chi connectivity index (χ1v) is 6.70. The molecule has 0 saturated carbocycles. The molecule has 0 unspecified atom stereocenters. The van der Waals surface area contributed by atoms with Crippen LogP contribution in [0.2, 0.25) is 5.02 Å². The first-order valence-electron chi connectivity index (χ1n) is 6.33. The maximum Gasteiger partial charge on any atom is 0.339 e. The predicted molar refractivity (Wildman–Crippen MR) is 83.4 cm³/mol. The lowest BCUT2D eigenvalue weighted by Gasteiger charge is -2.17.